The second-order valence-corrected chi connectivity index (χ2v) is 3.26. The van der Waals surface area contributed by atoms with Crippen LogP contribution in [0.15, 0.2) is 24.3 Å². The quantitative estimate of drug-likeness (QED) is 0.773. The molecule has 0 radical (unpaired) electrons. The Bertz CT molecular complexity index is 320. The Kier molecular flexibility index (Phi) is 3.51. The minimum atomic E-state index is -0.833. The molecular formula is C11H14O3. The van der Waals surface area contributed by atoms with Gasteiger partial charge in [0.2, 0.25) is 0 Å². The predicted molar refractivity (Wildman–Crippen MR) is 53.4 cm³/mol. The first-order valence-corrected chi connectivity index (χ1v) is 4.64. The summed E-state index contributed by atoms with van der Waals surface area (Å²) in [5, 5.41) is 18.2. The maximum Gasteiger partial charge on any atom is 0.303 e. The van der Waals surface area contributed by atoms with Crippen molar-refractivity contribution in [3.63, 3.8) is 0 Å². The average Bonchev–Trinajstić information content (AvgIpc) is 2.15. The molecule has 1 rings (SSSR count). The highest BCUT2D eigenvalue weighted by Gasteiger charge is 2.16. The molecule has 1 aromatic carbocycles. The van der Waals surface area contributed by atoms with E-state index in [1.54, 1.807) is 24.3 Å². The lowest BCUT2D eigenvalue weighted by Gasteiger charge is -2.13. The van der Waals surface area contributed by atoms with Gasteiger partial charge in [-0.1, -0.05) is 25.1 Å². The summed E-state index contributed by atoms with van der Waals surface area (Å²) in [5.41, 5.74) is 0.720. The molecule has 14 heavy (non-hydrogen) atoms. The third kappa shape index (κ3) is 2.49. The number of rotatable bonds is 4. The van der Waals surface area contributed by atoms with E-state index in [-0.39, 0.29) is 18.1 Å². The van der Waals surface area contributed by atoms with Crippen LogP contribution in [0.1, 0.15) is 31.2 Å². The van der Waals surface area contributed by atoms with Crippen LogP contribution in [-0.2, 0) is 4.79 Å². The molecule has 1 aromatic rings. The van der Waals surface area contributed by atoms with Crippen LogP contribution in [0.3, 0.4) is 0 Å². The van der Waals surface area contributed by atoms with Gasteiger partial charge in [0.25, 0.3) is 0 Å². The first kappa shape index (κ1) is 10.6. The highest BCUT2D eigenvalue weighted by molar-refractivity contribution is 5.68. The van der Waals surface area contributed by atoms with Crippen molar-refractivity contribution in [3.05, 3.63) is 29.8 Å². The van der Waals surface area contributed by atoms with Gasteiger partial charge in [0.1, 0.15) is 5.75 Å². The summed E-state index contributed by atoms with van der Waals surface area (Å²) in [7, 11) is 0. The largest absolute Gasteiger partial charge is 0.508 e. The molecule has 3 nitrogen and oxygen atoms in total. The molecule has 1 unspecified atom stereocenters. The molecule has 0 aliphatic heterocycles. The molecule has 0 aliphatic carbocycles. The molecule has 0 heterocycles. The monoisotopic (exact) mass is 194 g/mol. The Balaban J connectivity index is 2.89. The van der Waals surface area contributed by atoms with Gasteiger partial charge in [-0.2, -0.15) is 0 Å². The van der Waals surface area contributed by atoms with E-state index in [2.05, 4.69) is 0 Å². The lowest BCUT2D eigenvalue weighted by Crippen LogP contribution is -2.05. The molecule has 76 valence electrons. The lowest BCUT2D eigenvalue weighted by molar-refractivity contribution is -0.137. The van der Waals surface area contributed by atoms with Crippen molar-refractivity contribution < 1.29 is 15.0 Å². The molecule has 2 N–H and O–H groups in total. The lowest BCUT2D eigenvalue weighted by atomic mass is 9.92. The van der Waals surface area contributed by atoms with Crippen LogP contribution in [0, 0.1) is 0 Å². The van der Waals surface area contributed by atoms with Gasteiger partial charge in [-0.3, -0.25) is 4.79 Å². The first-order valence-electron chi connectivity index (χ1n) is 4.64. The normalized spacial score (nSPS) is 12.4. The summed E-state index contributed by atoms with van der Waals surface area (Å²) in [6, 6.07) is 6.89. The molecule has 0 bridgehead atoms. The topological polar surface area (TPSA) is 57.5 Å². The summed E-state index contributed by atoms with van der Waals surface area (Å²) >= 11 is 0. The van der Waals surface area contributed by atoms with E-state index in [1.165, 1.54) is 0 Å². The van der Waals surface area contributed by atoms with E-state index in [0.717, 1.165) is 5.56 Å². The SMILES string of the molecule is CCC(CC(=O)O)c1ccccc1O. The molecular weight excluding hydrogens is 180 g/mol. The smallest absolute Gasteiger partial charge is 0.303 e. The summed E-state index contributed by atoms with van der Waals surface area (Å²) in [4.78, 5) is 10.6. The van der Waals surface area contributed by atoms with E-state index in [0.29, 0.717) is 6.42 Å². The number of hydrogen-bond acceptors (Lipinski definition) is 2. The number of carboxylic acid groups (broad SMARTS) is 1. The number of phenolic OH excluding ortho intramolecular Hbond substituents is 1. The van der Waals surface area contributed by atoms with Crippen LogP contribution in [-0.4, -0.2) is 16.2 Å². The summed E-state index contributed by atoms with van der Waals surface area (Å²) in [6.45, 7) is 1.92. The van der Waals surface area contributed by atoms with Gasteiger partial charge in [-0.25, -0.2) is 0 Å². The molecule has 0 fully saturated rings. The standard InChI is InChI=1S/C11H14O3/c1-2-8(7-11(13)14)9-5-3-4-6-10(9)12/h3-6,8,12H,2,7H2,1H3,(H,13,14). The number of para-hydroxylation sites is 1. The molecule has 0 aromatic heterocycles. The number of carbonyl (C=O) groups is 1. The van der Waals surface area contributed by atoms with Crippen LogP contribution in [0.5, 0.6) is 5.75 Å². The number of aliphatic carboxylic acids is 1. The summed E-state index contributed by atoms with van der Waals surface area (Å²) in [5.74, 6) is -0.755. The highest BCUT2D eigenvalue weighted by atomic mass is 16.4. The summed E-state index contributed by atoms with van der Waals surface area (Å²) < 4.78 is 0. The zero-order chi connectivity index (χ0) is 10.6. The molecule has 0 saturated heterocycles. The van der Waals surface area contributed by atoms with Crippen molar-refractivity contribution in [1.82, 2.24) is 0 Å². The van der Waals surface area contributed by atoms with Crippen LogP contribution in [0.25, 0.3) is 0 Å². The van der Waals surface area contributed by atoms with Gasteiger partial charge >= 0.3 is 5.97 Å². The van der Waals surface area contributed by atoms with Gasteiger partial charge in [0.05, 0.1) is 6.42 Å². The Morgan fingerprint density at radius 3 is 2.57 bits per heavy atom. The highest BCUT2D eigenvalue weighted by Crippen LogP contribution is 2.30. The van der Waals surface area contributed by atoms with Gasteiger partial charge in [0, 0.05) is 0 Å². The number of carboxylic acids is 1. The number of aromatic hydroxyl groups is 1. The van der Waals surface area contributed by atoms with Crippen LogP contribution >= 0.6 is 0 Å². The predicted octanol–water partition coefficient (Wildman–Crippen LogP) is 2.36. The number of benzene rings is 1. The Morgan fingerprint density at radius 2 is 2.07 bits per heavy atom. The van der Waals surface area contributed by atoms with E-state index >= 15 is 0 Å². The number of hydrogen-bond donors (Lipinski definition) is 2. The van der Waals surface area contributed by atoms with E-state index < -0.39 is 5.97 Å². The van der Waals surface area contributed by atoms with Gasteiger partial charge in [-0.05, 0) is 24.0 Å². The van der Waals surface area contributed by atoms with Crippen molar-refractivity contribution >= 4 is 5.97 Å². The van der Waals surface area contributed by atoms with Crippen molar-refractivity contribution in [2.75, 3.05) is 0 Å². The second-order valence-electron chi connectivity index (χ2n) is 3.26. The molecule has 0 saturated carbocycles. The van der Waals surface area contributed by atoms with Crippen molar-refractivity contribution in [3.8, 4) is 5.75 Å². The molecule has 0 amide bonds. The Morgan fingerprint density at radius 1 is 1.43 bits per heavy atom. The van der Waals surface area contributed by atoms with Gasteiger partial charge in [0.15, 0.2) is 0 Å². The maximum atomic E-state index is 10.6. The fourth-order valence-electron chi connectivity index (χ4n) is 1.52. The van der Waals surface area contributed by atoms with E-state index in [1.807, 2.05) is 6.92 Å². The van der Waals surface area contributed by atoms with Crippen LogP contribution < -0.4 is 0 Å². The summed E-state index contributed by atoms with van der Waals surface area (Å²) in [6.07, 6.45) is 0.776. The average molecular weight is 194 g/mol. The Labute approximate surface area is 83.0 Å². The van der Waals surface area contributed by atoms with Crippen LogP contribution in [0.4, 0.5) is 0 Å². The molecule has 0 aliphatic rings. The van der Waals surface area contributed by atoms with E-state index in [4.69, 9.17) is 5.11 Å². The molecule has 1 atom stereocenters. The van der Waals surface area contributed by atoms with E-state index in [9.17, 15) is 9.90 Å². The minimum Gasteiger partial charge on any atom is -0.508 e. The third-order valence-electron chi connectivity index (χ3n) is 2.29. The second kappa shape index (κ2) is 4.65. The molecule has 0 spiro atoms. The van der Waals surface area contributed by atoms with Gasteiger partial charge in [-0.15, -0.1) is 0 Å². The zero-order valence-electron chi connectivity index (χ0n) is 8.10. The fraction of sp³-hybridized carbons (Fsp3) is 0.364. The minimum absolute atomic E-state index is 0.0636. The maximum absolute atomic E-state index is 10.6. The van der Waals surface area contributed by atoms with Gasteiger partial charge < -0.3 is 10.2 Å². The number of phenols is 1. The zero-order valence-corrected chi connectivity index (χ0v) is 8.10. The van der Waals surface area contributed by atoms with Crippen molar-refractivity contribution in [1.29, 1.82) is 0 Å². The third-order valence-corrected chi connectivity index (χ3v) is 2.29. The Hall–Kier alpha value is -1.51. The van der Waals surface area contributed by atoms with Crippen molar-refractivity contribution in [2.24, 2.45) is 0 Å². The van der Waals surface area contributed by atoms with Crippen molar-refractivity contribution in [2.45, 2.75) is 25.7 Å². The molecule has 3 heteroatoms. The first-order chi connectivity index (χ1) is 6.65. The fourth-order valence-corrected chi connectivity index (χ4v) is 1.52. The van der Waals surface area contributed by atoms with Crippen LogP contribution in [0.2, 0.25) is 0 Å².